The van der Waals surface area contributed by atoms with Gasteiger partial charge in [0.2, 0.25) is 5.95 Å². The van der Waals surface area contributed by atoms with Crippen molar-refractivity contribution in [1.82, 2.24) is 15.3 Å². The summed E-state index contributed by atoms with van der Waals surface area (Å²) in [4.78, 5) is 20.6. The molecule has 1 heterocycles. The van der Waals surface area contributed by atoms with Crippen molar-refractivity contribution in [3.05, 3.63) is 53.1 Å². The van der Waals surface area contributed by atoms with Gasteiger partial charge in [-0.2, -0.15) is 0 Å². The van der Waals surface area contributed by atoms with E-state index in [-0.39, 0.29) is 18.3 Å². The lowest BCUT2D eigenvalue weighted by Crippen LogP contribution is -2.26. The number of halogens is 1. The van der Waals surface area contributed by atoms with E-state index in [1.807, 2.05) is 0 Å². The average Bonchev–Trinajstić information content (AvgIpc) is 2.57. The summed E-state index contributed by atoms with van der Waals surface area (Å²) >= 11 is 0. The van der Waals surface area contributed by atoms with Crippen molar-refractivity contribution in [2.45, 2.75) is 39.7 Å². The zero-order valence-corrected chi connectivity index (χ0v) is 14.1. The molecule has 0 bridgehead atoms. The summed E-state index contributed by atoms with van der Waals surface area (Å²) in [6, 6.07) is 8.15. The van der Waals surface area contributed by atoms with Gasteiger partial charge in [-0.3, -0.25) is 4.79 Å². The van der Waals surface area contributed by atoms with E-state index in [9.17, 15) is 9.18 Å². The highest BCUT2D eigenvalue weighted by Crippen LogP contribution is 2.10. The first-order valence-corrected chi connectivity index (χ1v) is 8.21. The molecule has 0 atom stereocenters. The van der Waals surface area contributed by atoms with Gasteiger partial charge in [-0.15, -0.1) is 0 Å². The van der Waals surface area contributed by atoms with Crippen molar-refractivity contribution >= 4 is 11.9 Å². The minimum absolute atomic E-state index is 0.217. The molecule has 1 amide bonds. The molecule has 2 rings (SSSR count). The van der Waals surface area contributed by atoms with Crippen LogP contribution in [0.5, 0.6) is 0 Å². The molecule has 0 saturated carbocycles. The fourth-order valence-corrected chi connectivity index (χ4v) is 2.25. The maximum atomic E-state index is 13.6. The first-order chi connectivity index (χ1) is 11.6. The summed E-state index contributed by atoms with van der Waals surface area (Å²) in [5.74, 6) is -0.186. The van der Waals surface area contributed by atoms with Crippen LogP contribution in [0.2, 0.25) is 0 Å². The second-order valence-corrected chi connectivity index (χ2v) is 5.63. The zero-order valence-electron chi connectivity index (χ0n) is 14.1. The van der Waals surface area contributed by atoms with Gasteiger partial charge in [0.15, 0.2) is 0 Å². The van der Waals surface area contributed by atoms with Crippen molar-refractivity contribution in [2.75, 3.05) is 11.9 Å². The van der Waals surface area contributed by atoms with Crippen LogP contribution in [0, 0.1) is 12.7 Å². The number of aromatic nitrogens is 2. The molecule has 0 saturated heterocycles. The molecule has 0 fully saturated rings. The van der Waals surface area contributed by atoms with Crippen LogP contribution in [0.1, 0.15) is 47.9 Å². The third kappa shape index (κ3) is 5.30. The number of amides is 1. The second-order valence-electron chi connectivity index (χ2n) is 5.63. The van der Waals surface area contributed by atoms with E-state index in [1.54, 1.807) is 31.2 Å². The monoisotopic (exact) mass is 330 g/mol. The third-order valence-corrected chi connectivity index (χ3v) is 3.55. The van der Waals surface area contributed by atoms with Gasteiger partial charge in [0.05, 0.1) is 0 Å². The number of unbranched alkanes of at least 4 members (excludes halogenated alkanes) is 2. The van der Waals surface area contributed by atoms with Gasteiger partial charge < -0.3 is 10.6 Å². The van der Waals surface area contributed by atoms with Crippen molar-refractivity contribution in [3.8, 4) is 0 Å². The first-order valence-electron chi connectivity index (χ1n) is 8.21. The summed E-state index contributed by atoms with van der Waals surface area (Å²) in [7, 11) is 0. The molecule has 6 heteroatoms. The molecule has 2 N–H and O–H groups in total. The lowest BCUT2D eigenvalue weighted by Gasteiger charge is -2.09. The first kappa shape index (κ1) is 17.8. The molecular weight excluding hydrogens is 307 g/mol. The summed E-state index contributed by atoms with van der Waals surface area (Å²) in [6.07, 6.45) is 3.13. The van der Waals surface area contributed by atoms with Crippen LogP contribution in [-0.4, -0.2) is 22.4 Å². The van der Waals surface area contributed by atoms with Crippen LogP contribution in [0.3, 0.4) is 0 Å². The highest BCUT2D eigenvalue weighted by atomic mass is 19.1. The van der Waals surface area contributed by atoms with E-state index in [0.717, 1.165) is 19.3 Å². The second kappa shape index (κ2) is 8.96. The Kier molecular flexibility index (Phi) is 6.66. The Balaban J connectivity index is 2.00. The number of benzene rings is 1. The molecule has 1 aromatic carbocycles. The Morgan fingerprint density at radius 2 is 2.00 bits per heavy atom. The lowest BCUT2D eigenvalue weighted by atomic mass is 10.2. The van der Waals surface area contributed by atoms with Crippen molar-refractivity contribution in [2.24, 2.45) is 0 Å². The quantitative estimate of drug-likeness (QED) is 0.728. The molecule has 0 aliphatic carbocycles. The molecule has 0 aliphatic rings. The van der Waals surface area contributed by atoms with Gasteiger partial charge in [0, 0.05) is 24.3 Å². The largest absolute Gasteiger partial charge is 0.351 e. The molecule has 0 unspecified atom stereocenters. The SMILES string of the molecule is CCCCCNC(=O)c1cc(C)nc(NCc2ccccc2F)n1. The van der Waals surface area contributed by atoms with E-state index >= 15 is 0 Å². The number of anilines is 1. The Labute approximate surface area is 141 Å². The number of carbonyl (C=O) groups excluding carboxylic acids is 1. The van der Waals surface area contributed by atoms with Crippen LogP contribution in [0.15, 0.2) is 30.3 Å². The van der Waals surface area contributed by atoms with Gasteiger partial charge in [0.1, 0.15) is 11.5 Å². The summed E-state index contributed by atoms with van der Waals surface area (Å²) in [6.45, 7) is 4.80. The van der Waals surface area contributed by atoms with Gasteiger partial charge in [-0.05, 0) is 25.5 Å². The Bertz CT molecular complexity index is 690. The minimum atomic E-state index is -0.286. The Morgan fingerprint density at radius 3 is 2.75 bits per heavy atom. The van der Waals surface area contributed by atoms with Crippen molar-refractivity contribution in [3.63, 3.8) is 0 Å². The van der Waals surface area contributed by atoms with Gasteiger partial charge in [-0.25, -0.2) is 14.4 Å². The Morgan fingerprint density at radius 1 is 1.21 bits per heavy atom. The van der Waals surface area contributed by atoms with Gasteiger partial charge in [0.25, 0.3) is 5.91 Å². The molecule has 2 aromatic rings. The molecular formula is C18H23FN4O. The summed E-state index contributed by atoms with van der Waals surface area (Å²) < 4.78 is 13.6. The van der Waals surface area contributed by atoms with Crippen LogP contribution < -0.4 is 10.6 Å². The van der Waals surface area contributed by atoms with Crippen LogP contribution in [0.25, 0.3) is 0 Å². The summed E-state index contributed by atoms with van der Waals surface area (Å²) in [5, 5.41) is 5.83. The highest BCUT2D eigenvalue weighted by Gasteiger charge is 2.10. The molecule has 0 radical (unpaired) electrons. The normalized spacial score (nSPS) is 10.5. The van der Waals surface area contributed by atoms with E-state index in [2.05, 4.69) is 27.5 Å². The molecule has 128 valence electrons. The van der Waals surface area contributed by atoms with E-state index < -0.39 is 0 Å². The molecule has 24 heavy (non-hydrogen) atoms. The minimum Gasteiger partial charge on any atom is -0.351 e. The van der Waals surface area contributed by atoms with Gasteiger partial charge in [-0.1, -0.05) is 38.0 Å². The Hall–Kier alpha value is -2.50. The molecule has 1 aromatic heterocycles. The smallest absolute Gasteiger partial charge is 0.270 e. The maximum Gasteiger partial charge on any atom is 0.270 e. The fourth-order valence-electron chi connectivity index (χ4n) is 2.25. The highest BCUT2D eigenvalue weighted by molar-refractivity contribution is 5.92. The van der Waals surface area contributed by atoms with E-state index in [1.165, 1.54) is 6.07 Å². The van der Waals surface area contributed by atoms with Gasteiger partial charge >= 0.3 is 0 Å². The van der Waals surface area contributed by atoms with Crippen molar-refractivity contribution in [1.29, 1.82) is 0 Å². The lowest BCUT2D eigenvalue weighted by molar-refractivity contribution is 0.0948. The summed E-state index contributed by atoms with van der Waals surface area (Å²) in [5.41, 5.74) is 1.52. The van der Waals surface area contributed by atoms with Crippen molar-refractivity contribution < 1.29 is 9.18 Å². The topological polar surface area (TPSA) is 66.9 Å². The van der Waals surface area contributed by atoms with Crippen LogP contribution in [0.4, 0.5) is 10.3 Å². The molecule has 0 spiro atoms. The number of nitrogens with zero attached hydrogens (tertiary/aromatic N) is 2. The van der Waals surface area contributed by atoms with Crippen LogP contribution >= 0.6 is 0 Å². The number of aryl methyl sites for hydroxylation is 1. The third-order valence-electron chi connectivity index (χ3n) is 3.55. The molecule has 0 aliphatic heterocycles. The predicted octanol–water partition coefficient (Wildman–Crippen LogP) is 3.46. The number of nitrogens with one attached hydrogen (secondary N) is 2. The number of carbonyl (C=O) groups is 1. The van der Waals surface area contributed by atoms with Crippen LogP contribution in [-0.2, 0) is 6.54 Å². The number of hydrogen-bond donors (Lipinski definition) is 2. The van der Waals surface area contributed by atoms with E-state index in [0.29, 0.717) is 29.4 Å². The van der Waals surface area contributed by atoms with E-state index in [4.69, 9.17) is 0 Å². The number of rotatable bonds is 8. The average molecular weight is 330 g/mol. The molecule has 5 nitrogen and oxygen atoms in total. The number of hydrogen-bond acceptors (Lipinski definition) is 4. The fraction of sp³-hybridized carbons (Fsp3) is 0.389. The standard InChI is InChI=1S/C18H23FN4O/c1-3-4-7-10-20-17(24)16-11-13(2)22-18(23-16)21-12-14-8-5-6-9-15(14)19/h5-6,8-9,11H,3-4,7,10,12H2,1-2H3,(H,20,24)(H,21,22,23). The zero-order chi connectivity index (χ0) is 17.4. The predicted molar refractivity (Wildman–Crippen MR) is 92.4 cm³/mol. The maximum absolute atomic E-state index is 13.6.